The van der Waals surface area contributed by atoms with Crippen LogP contribution in [0.1, 0.15) is 11.1 Å². The number of sulfonamides is 1. The van der Waals surface area contributed by atoms with Crippen molar-refractivity contribution in [2.24, 2.45) is 0 Å². The molecule has 2 aliphatic heterocycles. The molecule has 3 rings (SSSR count). The number of carbonyl (C=O) groups excluding carboxylic acids is 1. The van der Waals surface area contributed by atoms with Gasteiger partial charge >= 0.3 is 0 Å². The van der Waals surface area contributed by atoms with Crippen molar-refractivity contribution in [2.45, 2.75) is 18.7 Å². The van der Waals surface area contributed by atoms with Gasteiger partial charge in [-0.05, 0) is 31.0 Å². The van der Waals surface area contributed by atoms with Gasteiger partial charge in [-0.15, -0.1) is 0 Å². The highest BCUT2D eigenvalue weighted by atomic mass is 32.2. The summed E-state index contributed by atoms with van der Waals surface area (Å²) in [5.41, 5.74) is 1.63. The van der Waals surface area contributed by atoms with Crippen LogP contribution in [0.25, 0.3) is 0 Å². The largest absolute Gasteiger partial charge is 0.494 e. The zero-order chi connectivity index (χ0) is 18.0. The number of ether oxygens (including phenoxy) is 2. The summed E-state index contributed by atoms with van der Waals surface area (Å²) < 4.78 is 37.7. The summed E-state index contributed by atoms with van der Waals surface area (Å²) in [4.78, 5) is 14.3. The van der Waals surface area contributed by atoms with Crippen molar-refractivity contribution in [2.75, 3.05) is 39.4 Å². The van der Waals surface area contributed by atoms with Gasteiger partial charge in [0.25, 0.3) is 5.91 Å². The lowest BCUT2D eigenvalue weighted by Gasteiger charge is -2.34. The van der Waals surface area contributed by atoms with Crippen LogP contribution in [0.15, 0.2) is 35.1 Å². The van der Waals surface area contributed by atoms with Gasteiger partial charge in [-0.2, -0.15) is 4.31 Å². The van der Waals surface area contributed by atoms with E-state index in [4.69, 9.17) is 9.47 Å². The van der Waals surface area contributed by atoms with Crippen molar-refractivity contribution in [3.05, 3.63) is 41.3 Å². The average molecular weight is 366 g/mol. The summed E-state index contributed by atoms with van der Waals surface area (Å²) in [5.74, 6) is -0.0828. The number of rotatable bonds is 3. The molecule has 0 unspecified atom stereocenters. The Labute approximate surface area is 147 Å². The second-order valence-electron chi connectivity index (χ2n) is 6.17. The van der Waals surface area contributed by atoms with Gasteiger partial charge in [0.2, 0.25) is 15.8 Å². The van der Waals surface area contributed by atoms with Gasteiger partial charge in [-0.3, -0.25) is 4.79 Å². The molecule has 25 heavy (non-hydrogen) atoms. The van der Waals surface area contributed by atoms with E-state index in [0.29, 0.717) is 31.2 Å². The standard InChI is InChI=1S/C17H22N2O5S/c1-13-3-4-14(2)16(11-13)25(21,22)19-7-5-18(6-8-19)17(20)15-12-23-9-10-24-15/h3-4,11-12H,5-10H2,1-2H3. The summed E-state index contributed by atoms with van der Waals surface area (Å²) in [7, 11) is -3.56. The Morgan fingerprint density at radius 1 is 1.08 bits per heavy atom. The first-order valence-corrected chi connectivity index (χ1v) is 9.65. The summed E-state index contributed by atoms with van der Waals surface area (Å²) in [6.45, 7) is 5.60. The van der Waals surface area contributed by atoms with Crippen LogP contribution in [-0.2, 0) is 24.3 Å². The van der Waals surface area contributed by atoms with Crippen LogP contribution in [0.4, 0.5) is 0 Å². The highest BCUT2D eigenvalue weighted by molar-refractivity contribution is 7.89. The number of benzene rings is 1. The van der Waals surface area contributed by atoms with E-state index < -0.39 is 10.0 Å². The summed E-state index contributed by atoms with van der Waals surface area (Å²) in [6.07, 6.45) is 1.32. The topological polar surface area (TPSA) is 76.2 Å². The third kappa shape index (κ3) is 3.64. The number of piperazine rings is 1. The van der Waals surface area contributed by atoms with Crippen molar-refractivity contribution < 1.29 is 22.7 Å². The van der Waals surface area contributed by atoms with Crippen LogP contribution >= 0.6 is 0 Å². The Balaban J connectivity index is 1.70. The minimum absolute atomic E-state index is 0.178. The molecular weight excluding hydrogens is 344 g/mol. The lowest BCUT2D eigenvalue weighted by molar-refractivity contribution is -0.133. The number of amides is 1. The fraction of sp³-hybridized carbons (Fsp3) is 0.471. The second-order valence-corrected chi connectivity index (χ2v) is 8.07. The van der Waals surface area contributed by atoms with Gasteiger partial charge in [0.05, 0.1) is 4.90 Å². The van der Waals surface area contributed by atoms with Crippen molar-refractivity contribution in [3.63, 3.8) is 0 Å². The minimum Gasteiger partial charge on any atom is -0.494 e. The average Bonchev–Trinajstić information content (AvgIpc) is 2.64. The van der Waals surface area contributed by atoms with Crippen molar-refractivity contribution in [1.82, 2.24) is 9.21 Å². The van der Waals surface area contributed by atoms with E-state index in [1.807, 2.05) is 19.1 Å². The molecule has 1 amide bonds. The van der Waals surface area contributed by atoms with E-state index in [1.54, 1.807) is 17.9 Å². The Morgan fingerprint density at radius 3 is 2.44 bits per heavy atom. The van der Waals surface area contributed by atoms with Gasteiger partial charge in [-0.25, -0.2) is 8.42 Å². The van der Waals surface area contributed by atoms with E-state index in [2.05, 4.69) is 0 Å². The molecule has 1 saturated heterocycles. The molecule has 136 valence electrons. The van der Waals surface area contributed by atoms with E-state index in [1.165, 1.54) is 10.6 Å². The maximum Gasteiger partial charge on any atom is 0.292 e. The Morgan fingerprint density at radius 2 is 1.80 bits per heavy atom. The van der Waals surface area contributed by atoms with E-state index in [0.717, 1.165) is 11.1 Å². The molecule has 2 heterocycles. The Hall–Kier alpha value is -2.06. The molecule has 0 aliphatic carbocycles. The van der Waals surface area contributed by atoms with E-state index in [-0.39, 0.29) is 24.8 Å². The summed E-state index contributed by atoms with van der Waals surface area (Å²) in [5, 5.41) is 0. The van der Waals surface area contributed by atoms with Crippen molar-refractivity contribution in [1.29, 1.82) is 0 Å². The fourth-order valence-electron chi connectivity index (χ4n) is 2.89. The van der Waals surface area contributed by atoms with Crippen LogP contribution in [-0.4, -0.2) is 62.9 Å². The van der Waals surface area contributed by atoms with Crippen molar-refractivity contribution in [3.8, 4) is 0 Å². The molecule has 0 spiro atoms. The molecule has 0 saturated carbocycles. The molecule has 8 heteroatoms. The normalized spacial score (nSPS) is 19.0. The molecule has 1 fully saturated rings. The van der Waals surface area contributed by atoms with Gasteiger partial charge < -0.3 is 14.4 Å². The van der Waals surface area contributed by atoms with Gasteiger partial charge in [0.15, 0.2) is 0 Å². The fourth-order valence-corrected chi connectivity index (χ4v) is 4.62. The molecule has 0 radical (unpaired) electrons. The number of aryl methyl sites for hydroxylation is 2. The predicted octanol–water partition coefficient (Wildman–Crippen LogP) is 1.02. The monoisotopic (exact) mass is 366 g/mol. The number of hydrogen-bond acceptors (Lipinski definition) is 5. The molecular formula is C17H22N2O5S. The van der Waals surface area contributed by atoms with Crippen molar-refractivity contribution >= 4 is 15.9 Å². The lowest BCUT2D eigenvalue weighted by Crippen LogP contribution is -2.51. The lowest BCUT2D eigenvalue weighted by atomic mass is 10.2. The highest BCUT2D eigenvalue weighted by Crippen LogP contribution is 2.23. The maximum atomic E-state index is 12.9. The van der Waals surface area contributed by atoms with E-state index in [9.17, 15) is 13.2 Å². The van der Waals surface area contributed by atoms with Gasteiger partial charge in [-0.1, -0.05) is 12.1 Å². The van der Waals surface area contributed by atoms with Crippen LogP contribution in [0.5, 0.6) is 0 Å². The van der Waals surface area contributed by atoms with Gasteiger partial charge in [0, 0.05) is 26.2 Å². The molecule has 0 aromatic heterocycles. The third-order valence-corrected chi connectivity index (χ3v) is 6.39. The Bertz CT molecular complexity index is 795. The third-order valence-electron chi connectivity index (χ3n) is 4.35. The minimum atomic E-state index is -3.56. The molecule has 7 nitrogen and oxygen atoms in total. The quantitative estimate of drug-likeness (QED) is 0.798. The number of carbonyl (C=O) groups is 1. The predicted molar refractivity (Wildman–Crippen MR) is 91.2 cm³/mol. The smallest absolute Gasteiger partial charge is 0.292 e. The van der Waals surface area contributed by atoms with Crippen LogP contribution < -0.4 is 0 Å². The number of hydrogen-bond donors (Lipinski definition) is 0. The van der Waals surface area contributed by atoms with Crippen LogP contribution in [0, 0.1) is 13.8 Å². The zero-order valence-electron chi connectivity index (χ0n) is 14.4. The van der Waals surface area contributed by atoms with E-state index >= 15 is 0 Å². The molecule has 0 bridgehead atoms. The summed E-state index contributed by atoms with van der Waals surface area (Å²) >= 11 is 0. The molecule has 2 aliphatic rings. The van der Waals surface area contributed by atoms with Gasteiger partial charge in [0.1, 0.15) is 19.5 Å². The summed E-state index contributed by atoms with van der Waals surface area (Å²) in [6, 6.07) is 5.40. The highest BCUT2D eigenvalue weighted by Gasteiger charge is 2.32. The first kappa shape index (κ1) is 17.8. The molecule has 1 aromatic rings. The first-order chi connectivity index (χ1) is 11.9. The molecule has 1 aromatic carbocycles. The van der Waals surface area contributed by atoms with Crippen LogP contribution in [0.2, 0.25) is 0 Å². The zero-order valence-corrected chi connectivity index (χ0v) is 15.2. The SMILES string of the molecule is Cc1ccc(C)c(S(=O)(=O)N2CCN(C(=O)C3=COCCO3)CC2)c1. The molecule has 0 N–H and O–H groups in total. The first-order valence-electron chi connectivity index (χ1n) is 8.21. The maximum absolute atomic E-state index is 12.9. The number of nitrogens with zero attached hydrogens (tertiary/aromatic N) is 2. The second kappa shape index (κ2) is 7.05. The molecule has 0 atom stereocenters. The Kier molecular flexibility index (Phi) is 5.01. The van der Waals surface area contributed by atoms with Crippen LogP contribution in [0.3, 0.4) is 0 Å².